The number of hydrogen-bond acceptors (Lipinski definition) is 3. The number of aliphatic carboxylic acids is 1. The molecule has 1 aromatic rings. The lowest BCUT2D eigenvalue weighted by molar-refractivity contribution is -0.154. The molecule has 0 saturated heterocycles. The van der Waals surface area contributed by atoms with Crippen molar-refractivity contribution in [2.75, 3.05) is 13.7 Å². The van der Waals surface area contributed by atoms with Gasteiger partial charge >= 0.3 is 5.97 Å². The number of benzene rings is 1. The Labute approximate surface area is 107 Å². The lowest BCUT2D eigenvalue weighted by Gasteiger charge is -2.37. The molecule has 1 saturated carbocycles. The molecule has 1 aromatic carbocycles. The van der Waals surface area contributed by atoms with Crippen LogP contribution >= 0.6 is 0 Å². The fourth-order valence-electron chi connectivity index (χ4n) is 2.30. The molecule has 0 heterocycles. The maximum Gasteiger partial charge on any atom is 0.310 e. The highest BCUT2D eigenvalue weighted by molar-refractivity contribution is 5.76. The van der Waals surface area contributed by atoms with Crippen molar-refractivity contribution >= 4 is 5.97 Å². The van der Waals surface area contributed by atoms with Crippen LogP contribution in [0.15, 0.2) is 24.3 Å². The van der Waals surface area contributed by atoms with E-state index in [-0.39, 0.29) is 0 Å². The van der Waals surface area contributed by atoms with Gasteiger partial charge in [-0.05, 0) is 30.5 Å². The lowest BCUT2D eigenvalue weighted by atomic mass is 9.69. The smallest absolute Gasteiger partial charge is 0.310 e. The summed E-state index contributed by atoms with van der Waals surface area (Å²) in [4.78, 5) is 11.2. The van der Waals surface area contributed by atoms with Gasteiger partial charge < -0.3 is 15.2 Å². The van der Waals surface area contributed by atoms with E-state index >= 15 is 0 Å². The van der Waals surface area contributed by atoms with Gasteiger partial charge in [-0.3, -0.25) is 4.79 Å². The van der Waals surface area contributed by atoms with E-state index in [4.69, 9.17) is 4.74 Å². The van der Waals surface area contributed by atoms with E-state index < -0.39 is 11.4 Å². The van der Waals surface area contributed by atoms with Crippen LogP contribution in [0.3, 0.4) is 0 Å². The average molecular weight is 249 g/mol. The normalized spacial score (nSPS) is 16.9. The number of carboxylic acids is 1. The van der Waals surface area contributed by atoms with E-state index in [1.54, 1.807) is 7.11 Å². The molecule has 4 heteroatoms. The predicted octanol–water partition coefficient (Wildman–Crippen LogP) is 2.04. The zero-order chi connectivity index (χ0) is 13.0. The summed E-state index contributed by atoms with van der Waals surface area (Å²) in [5.41, 5.74) is 0.577. The summed E-state index contributed by atoms with van der Waals surface area (Å²) >= 11 is 0. The summed E-state index contributed by atoms with van der Waals surface area (Å²) in [6, 6.07) is 7.80. The van der Waals surface area contributed by atoms with Crippen LogP contribution in [0, 0.1) is 5.41 Å². The van der Waals surface area contributed by atoms with Crippen molar-refractivity contribution in [1.29, 1.82) is 0 Å². The number of methoxy groups -OCH3 is 1. The highest BCUT2D eigenvalue weighted by Crippen LogP contribution is 2.40. The van der Waals surface area contributed by atoms with Crippen molar-refractivity contribution in [1.82, 2.24) is 5.32 Å². The maximum absolute atomic E-state index is 11.2. The summed E-state index contributed by atoms with van der Waals surface area (Å²) < 4.78 is 5.15. The molecule has 1 aliphatic rings. The molecule has 0 spiro atoms. The summed E-state index contributed by atoms with van der Waals surface area (Å²) in [7, 11) is 1.64. The van der Waals surface area contributed by atoms with E-state index in [1.165, 1.54) is 0 Å². The minimum atomic E-state index is -0.674. The Balaban J connectivity index is 1.86. The van der Waals surface area contributed by atoms with E-state index in [0.29, 0.717) is 13.1 Å². The van der Waals surface area contributed by atoms with Gasteiger partial charge in [-0.1, -0.05) is 18.6 Å². The number of nitrogens with one attached hydrogen (secondary N) is 1. The van der Waals surface area contributed by atoms with Crippen LogP contribution in [0.1, 0.15) is 24.8 Å². The molecule has 0 aliphatic heterocycles. The molecule has 18 heavy (non-hydrogen) atoms. The predicted molar refractivity (Wildman–Crippen MR) is 68.6 cm³/mol. The van der Waals surface area contributed by atoms with Crippen molar-refractivity contribution in [2.45, 2.75) is 25.8 Å². The summed E-state index contributed by atoms with van der Waals surface area (Å²) in [6.07, 6.45) is 2.59. The van der Waals surface area contributed by atoms with Gasteiger partial charge in [0.2, 0.25) is 0 Å². The SMILES string of the molecule is COc1cccc(CNCC2(C(=O)O)CCC2)c1. The van der Waals surface area contributed by atoms with Gasteiger partial charge in [0.15, 0.2) is 0 Å². The number of hydrogen-bond donors (Lipinski definition) is 2. The van der Waals surface area contributed by atoms with Crippen molar-refractivity contribution in [3.63, 3.8) is 0 Å². The van der Waals surface area contributed by atoms with Crippen molar-refractivity contribution in [3.8, 4) is 5.75 Å². The fourth-order valence-corrected chi connectivity index (χ4v) is 2.30. The monoisotopic (exact) mass is 249 g/mol. The Morgan fingerprint density at radius 2 is 2.28 bits per heavy atom. The Morgan fingerprint density at radius 1 is 1.50 bits per heavy atom. The molecule has 0 amide bonds. The Bertz CT molecular complexity index is 427. The van der Waals surface area contributed by atoms with E-state index in [2.05, 4.69) is 5.32 Å². The topological polar surface area (TPSA) is 58.6 Å². The first-order valence-corrected chi connectivity index (χ1v) is 6.23. The van der Waals surface area contributed by atoms with E-state index in [0.717, 1.165) is 30.6 Å². The molecule has 1 aliphatic carbocycles. The fraction of sp³-hybridized carbons (Fsp3) is 0.500. The van der Waals surface area contributed by atoms with E-state index in [1.807, 2.05) is 24.3 Å². The minimum absolute atomic E-state index is 0.529. The standard InChI is InChI=1S/C14H19NO3/c1-18-12-5-2-4-11(8-12)9-15-10-14(13(16)17)6-3-7-14/h2,4-5,8,15H,3,6-7,9-10H2,1H3,(H,16,17). The van der Waals surface area contributed by atoms with Gasteiger partial charge in [0.05, 0.1) is 12.5 Å². The maximum atomic E-state index is 11.2. The Morgan fingerprint density at radius 3 is 2.83 bits per heavy atom. The molecule has 4 nitrogen and oxygen atoms in total. The minimum Gasteiger partial charge on any atom is -0.497 e. The van der Waals surface area contributed by atoms with Gasteiger partial charge in [-0.25, -0.2) is 0 Å². The van der Waals surface area contributed by atoms with Crippen LogP contribution in [-0.2, 0) is 11.3 Å². The average Bonchev–Trinajstić information content (AvgIpc) is 2.32. The third-order valence-electron chi connectivity index (χ3n) is 3.69. The van der Waals surface area contributed by atoms with Crippen molar-refractivity contribution < 1.29 is 14.6 Å². The number of ether oxygens (including phenoxy) is 1. The molecule has 2 N–H and O–H groups in total. The molecule has 0 bridgehead atoms. The first kappa shape index (κ1) is 12.9. The largest absolute Gasteiger partial charge is 0.497 e. The highest BCUT2D eigenvalue weighted by atomic mass is 16.5. The summed E-state index contributed by atoms with van der Waals surface area (Å²) in [6.45, 7) is 1.21. The quantitative estimate of drug-likeness (QED) is 0.810. The molecule has 0 unspecified atom stereocenters. The number of carbonyl (C=O) groups is 1. The zero-order valence-electron chi connectivity index (χ0n) is 10.6. The van der Waals surface area contributed by atoms with Crippen LogP contribution in [0.5, 0.6) is 5.75 Å². The van der Waals surface area contributed by atoms with E-state index in [9.17, 15) is 9.90 Å². The van der Waals surface area contributed by atoms with Crippen molar-refractivity contribution in [3.05, 3.63) is 29.8 Å². The summed E-state index contributed by atoms with van der Waals surface area (Å²) in [5, 5.41) is 12.4. The van der Waals surface area contributed by atoms with Crippen LogP contribution < -0.4 is 10.1 Å². The van der Waals surface area contributed by atoms with Crippen LogP contribution in [-0.4, -0.2) is 24.7 Å². The Kier molecular flexibility index (Phi) is 3.87. The summed E-state index contributed by atoms with van der Waals surface area (Å²) in [5.74, 6) is 0.151. The first-order valence-electron chi connectivity index (χ1n) is 6.23. The highest BCUT2D eigenvalue weighted by Gasteiger charge is 2.43. The van der Waals surface area contributed by atoms with Crippen LogP contribution in [0.2, 0.25) is 0 Å². The second-order valence-corrected chi connectivity index (χ2v) is 4.89. The molecule has 0 radical (unpaired) electrons. The third-order valence-corrected chi connectivity index (χ3v) is 3.69. The molecule has 2 rings (SSSR count). The Hall–Kier alpha value is -1.55. The third kappa shape index (κ3) is 2.64. The molecular weight excluding hydrogens is 230 g/mol. The van der Waals surface area contributed by atoms with Gasteiger partial charge in [0.1, 0.15) is 5.75 Å². The molecule has 98 valence electrons. The van der Waals surface area contributed by atoms with Crippen molar-refractivity contribution in [2.24, 2.45) is 5.41 Å². The molecule has 1 fully saturated rings. The zero-order valence-corrected chi connectivity index (χ0v) is 10.6. The van der Waals surface area contributed by atoms with Gasteiger partial charge in [-0.15, -0.1) is 0 Å². The van der Waals surface area contributed by atoms with Gasteiger partial charge in [-0.2, -0.15) is 0 Å². The van der Waals surface area contributed by atoms with Gasteiger partial charge in [0, 0.05) is 13.1 Å². The van der Waals surface area contributed by atoms with Gasteiger partial charge in [0.25, 0.3) is 0 Å². The number of carboxylic acid groups (broad SMARTS) is 1. The lowest BCUT2D eigenvalue weighted by Crippen LogP contribution is -2.45. The molecule has 0 aromatic heterocycles. The number of rotatable bonds is 6. The van der Waals surface area contributed by atoms with Crippen LogP contribution in [0.4, 0.5) is 0 Å². The first-order chi connectivity index (χ1) is 8.66. The van der Waals surface area contributed by atoms with Crippen LogP contribution in [0.25, 0.3) is 0 Å². The second-order valence-electron chi connectivity index (χ2n) is 4.89. The second kappa shape index (κ2) is 5.40. The molecular formula is C14H19NO3. The molecule has 0 atom stereocenters.